The van der Waals surface area contributed by atoms with Gasteiger partial charge < -0.3 is 20.7 Å². The van der Waals surface area contributed by atoms with E-state index in [1.54, 1.807) is 32.5 Å². The highest BCUT2D eigenvalue weighted by Gasteiger charge is 2.28. The Kier molecular flexibility index (Phi) is 7.97. The molecular weight excluding hydrogens is 516 g/mol. The van der Waals surface area contributed by atoms with E-state index in [1.807, 2.05) is 0 Å². The topological polar surface area (TPSA) is 127 Å². The normalized spacial score (nSPS) is 16.2. The summed E-state index contributed by atoms with van der Waals surface area (Å²) in [6, 6.07) is 3.53. The molecule has 1 saturated heterocycles. The van der Waals surface area contributed by atoms with Crippen molar-refractivity contribution in [1.29, 1.82) is 0 Å². The van der Waals surface area contributed by atoms with Gasteiger partial charge in [-0.1, -0.05) is 17.4 Å². The van der Waals surface area contributed by atoms with Crippen molar-refractivity contribution in [2.24, 2.45) is 12.8 Å². The van der Waals surface area contributed by atoms with Gasteiger partial charge in [0.25, 0.3) is 5.91 Å². The SMILES string of the molecule is Cn1ncc(NC(=O)c2nc(-c3c(F)cccc3F)sc2NC(=O)OC(C)(C)C)c1N1CCC[C@@H](N)CC1. The molecule has 1 aliphatic rings. The number of ether oxygens (including phenoxy) is 1. The van der Waals surface area contributed by atoms with E-state index in [2.05, 4.69) is 25.6 Å². The molecular formula is C25H31F2N7O3S. The van der Waals surface area contributed by atoms with E-state index in [9.17, 15) is 18.4 Å². The molecule has 0 saturated carbocycles. The van der Waals surface area contributed by atoms with Gasteiger partial charge in [0.05, 0.1) is 11.8 Å². The van der Waals surface area contributed by atoms with Crippen molar-refractivity contribution >= 4 is 39.8 Å². The minimum atomic E-state index is -0.844. The van der Waals surface area contributed by atoms with Gasteiger partial charge in [0.15, 0.2) is 11.5 Å². The average molecular weight is 548 g/mol. The molecule has 13 heteroatoms. The lowest BCUT2D eigenvalue weighted by Gasteiger charge is -2.24. The number of hydrogen-bond acceptors (Lipinski definition) is 8. The zero-order valence-corrected chi connectivity index (χ0v) is 22.5. The van der Waals surface area contributed by atoms with Crippen LogP contribution in [0.1, 0.15) is 50.5 Å². The minimum absolute atomic E-state index is 0.0133. The number of nitrogens with zero attached hydrogens (tertiary/aromatic N) is 4. The largest absolute Gasteiger partial charge is 0.444 e. The molecule has 3 aromatic rings. The highest BCUT2D eigenvalue weighted by atomic mass is 32.1. The maximum absolute atomic E-state index is 14.5. The molecule has 0 unspecified atom stereocenters. The molecule has 3 heterocycles. The van der Waals surface area contributed by atoms with Crippen LogP contribution in [0.3, 0.4) is 0 Å². The van der Waals surface area contributed by atoms with Crippen LogP contribution < -0.4 is 21.3 Å². The number of rotatable bonds is 5. The summed E-state index contributed by atoms with van der Waals surface area (Å²) < 4.78 is 36.0. The van der Waals surface area contributed by atoms with E-state index in [4.69, 9.17) is 10.5 Å². The summed E-state index contributed by atoms with van der Waals surface area (Å²) in [5.41, 5.74) is 5.14. The maximum atomic E-state index is 14.5. The molecule has 1 atom stereocenters. The number of nitrogens with two attached hydrogens (primary N) is 1. The molecule has 2 amide bonds. The molecule has 0 bridgehead atoms. The van der Waals surface area contributed by atoms with Gasteiger partial charge in [-0.2, -0.15) is 5.10 Å². The van der Waals surface area contributed by atoms with Crippen LogP contribution in [0.15, 0.2) is 24.4 Å². The predicted octanol–water partition coefficient (Wildman–Crippen LogP) is 4.74. The van der Waals surface area contributed by atoms with E-state index >= 15 is 0 Å². The first-order valence-electron chi connectivity index (χ1n) is 12.2. The van der Waals surface area contributed by atoms with Crippen LogP contribution in [0.5, 0.6) is 0 Å². The number of thiazole rings is 1. The van der Waals surface area contributed by atoms with Crippen molar-refractivity contribution < 1.29 is 23.1 Å². The van der Waals surface area contributed by atoms with Crippen LogP contribution >= 0.6 is 11.3 Å². The van der Waals surface area contributed by atoms with Crippen molar-refractivity contribution in [1.82, 2.24) is 14.8 Å². The molecule has 1 aliphatic heterocycles. The average Bonchev–Trinajstić information content (AvgIpc) is 3.30. The van der Waals surface area contributed by atoms with E-state index in [0.29, 0.717) is 18.1 Å². The fourth-order valence-electron chi connectivity index (χ4n) is 4.17. The third-order valence-electron chi connectivity index (χ3n) is 5.86. The first kappa shape index (κ1) is 27.5. The van der Waals surface area contributed by atoms with Crippen molar-refractivity contribution in [2.75, 3.05) is 28.6 Å². The third kappa shape index (κ3) is 6.27. The van der Waals surface area contributed by atoms with E-state index in [0.717, 1.165) is 49.3 Å². The molecule has 2 aromatic heterocycles. The minimum Gasteiger partial charge on any atom is -0.444 e. The predicted molar refractivity (Wildman–Crippen MR) is 143 cm³/mol. The smallest absolute Gasteiger partial charge is 0.412 e. The van der Waals surface area contributed by atoms with Crippen molar-refractivity contribution in [3.63, 3.8) is 0 Å². The van der Waals surface area contributed by atoms with Crippen LogP contribution in [0, 0.1) is 11.6 Å². The molecule has 38 heavy (non-hydrogen) atoms. The summed E-state index contributed by atoms with van der Waals surface area (Å²) in [5, 5.41) is 9.48. The summed E-state index contributed by atoms with van der Waals surface area (Å²) in [7, 11) is 1.77. The lowest BCUT2D eigenvalue weighted by Crippen LogP contribution is -2.29. The zero-order valence-electron chi connectivity index (χ0n) is 21.7. The van der Waals surface area contributed by atoms with E-state index in [-0.39, 0.29) is 21.7 Å². The molecule has 4 N–H and O–H groups in total. The fourth-order valence-corrected chi connectivity index (χ4v) is 5.17. The van der Waals surface area contributed by atoms with Gasteiger partial charge in [0.2, 0.25) is 0 Å². The summed E-state index contributed by atoms with van der Waals surface area (Å²) in [4.78, 5) is 32.3. The first-order valence-corrected chi connectivity index (χ1v) is 13.0. The number of hydrogen-bond donors (Lipinski definition) is 3. The summed E-state index contributed by atoms with van der Waals surface area (Å²) in [5.74, 6) is -1.67. The Morgan fingerprint density at radius 3 is 2.55 bits per heavy atom. The van der Waals surface area contributed by atoms with Gasteiger partial charge in [-0.25, -0.2) is 18.6 Å². The number of aromatic nitrogens is 3. The van der Waals surface area contributed by atoms with Gasteiger partial charge in [0, 0.05) is 26.2 Å². The second-order valence-corrected chi connectivity index (χ2v) is 11.1. The van der Waals surface area contributed by atoms with Crippen LogP contribution in [0.4, 0.5) is 30.1 Å². The Labute approximate surface area is 223 Å². The van der Waals surface area contributed by atoms with Gasteiger partial charge in [-0.3, -0.25) is 14.8 Å². The number of carbonyl (C=O) groups is 2. The Morgan fingerprint density at radius 1 is 1.16 bits per heavy atom. The number of carbonyl (C=O) groups excluding carboxylic acids is 2. The molecule has 1 fully saturated rings. The van der Waals surface area contributed by atoms with Crippen LogP contribution in [-0.2, 0) is 11.8 Å². The van der Waals surface area contributed by atoms with Crippen molar-refractivity contribution in [3.05, 3.63) is 41.7 Å². The fraction of sp³-hybridized carbons (Fsp3) is 0.440. The van der Waals surface area contributed by atoms with Gasteiger partial charge in [-0.15, -0.1) is 0 Å². The van der Waals surface area contributed by atoms with Crippen molar-refractivity contribution in [3.8, 4) is 10.6 Å². The van der Waals surface area contributed by atoms with E-state index < -0.39 is 34.8 Å². The summed E-state index contributed by atoms with van der Waals surface area (Å²) >= 11 is 0.766. The second kappa shape index (κ2) is 11.0. The first-order chi connectivity index (χ1) is 17.9. The number of anilines is 3. The monoisotopic (exact) mass is 547 g/mol. The van der Waals surface area contributed by atoms with Gasteiger partial charge >= 0.3 is 6.09 Å². The third-order valence-corrected chi connectivity index (χ3v) is 6.85. The zero-order chi connectivity index (χ0) is 27.6. The van der Waals surface area contributed by atoms with Crippen LogP contribution in [0.25, 0.3) is 10.6 Å². The Hall–Kier alpha value is -3.58. The molecule has 10 nitrogen and oxygen atoms in total. The number of halogens is 2. The number of benzene rings is 1. The number of nitrogens with one attached hydrogen (secondary N) is 2. The second-order valence-electron chi connectivity index (χ2n) is 10.1. The Bertz CT molecular complexity index is 1310. The Morgan fingerprint density at radius 2 is 1.87 bits per heavy atom. The van der Waals surface area contributed by atoms with Gasteiger partial charge in [-0.05, 0) is 52.2 Å². The number of aryl methyl sites for hydroxylation is 1. The number of amides is 2. The lowest BCUT2D eigenvalue weighted by molar-refractivity contribution is 0.0636. The maximum Gasteiger partial charge on any atom is 0.412 e. The molecule has 1 aromatic carbocycles. The van der Waals surface area contributed by atoms with E-state index in [1.165, 1.54) is 12.3 Å². The standard InChI is InChI=1S/C25H31F2N7O3S/c1-25(2,3)37-24(36)32-22-19(31-21(38-22)18-15(26)8-5-9-16(18)27)20(35)30-17-13-29-33(4)23(17)34-11-6-7-14(28)10-12-34/h5,8-9,13-14H,6-7,10-12,28H2,1-4H3,(H,30,35)(H,32,36)/t14-/m1/s1. The quantitative estimate of drug-likeness (QED) is 0.421. The summed E-state index contributed by atoms with van der Waals surface area (Å²) in [6.45, 7) is 6.50. The molecule has 0 radical (unpaired) electrons. The molecule has 204 valence electrons. The highest BCUT2D eigenvalue weighted by Crippen LogP contribution is 2.36. The van der Waals surface area contributed by atoms with Crippen molar-refractivity contribution in [2.45, 2.75) is 51.7 Å². The Balaban J connectivity index is 1.67. The highest BCUT2D eigenvalue weighted by molar-refractivity contribution is 7.19. The molecule has 4 rings (SSSR count). The molecule has 0 spiro atoms. The van der Waals surface area contributed by atoms with Gasteiger partial charge in [0.1, 0.15) is 32.9 Å². The summed E-state index contributed by atoms with van der Waals surface area (Å²) in [6.07, 6.45) is 3.28. The lowest BCUT2D eigenvalue weighted by atomic mass is 10.1. The molecule has 0 aliphatic carbocycles. The van der Waals surface area contributed by atoms with Crippen LogP contribution in [-0.4, -0.2) is 51.5 Å². The van der Waals surface area contributed by atoms with Crippen LogP contribution in [0.2, 0.25) is 0 Å².